The third-order valence-electron chi connectivity index (χ3n) is 4.48. The molecule has 0 aliphatic carbocycles. The number of halogens is 8. The zero-order valence-corrected chi connectivity index (χ0v) is 18.8. The largest absolute Gasteiger partial charge is 0.573 e. The lowest BCUT2D eigenvalue weighted by Gasteiger charge is -2.15. The molecule has 0 aromatic heterocycles. The molecule has 0 spiro atoms. The Morgan fingerprint density at radius 1 is 0.722 bits per heavy atom. The molecule has 0 amide bonds. The first kappa shape index (κ1) is 28.3. The van der Waals surface area contributed by atoms with Crippen LogP contribution in [0.25, 0.3) is 11.1 Å². The van der Waals surface area contributed by atoms with Gasteiger partial charge in [-0.25, -0.2) is 17.6 Å². The van der Waals surface area contributed by atoms with Gasteiger partial charge in [-0.05, 0) is 11.6 Å². The maximum absolute atomic E-state index is 13.8. The van der Waals surface area contributed by atoms with Gasteiger partial charge >= 0.3 is 6.36 Å². The van der Waals surface area contributed by atoms with Crippen LogP contribution in [-0.4, -0.2) is 27.7 Å². The quantitative estimate of drug-likeness (QED) is 0.307. The fourth-order valence-corrected chi connectivity index (χ4v) is 2.90. The predicted octanol–water partition coefficient (Wildman–Crippen LogP) is 7.11. The number of methoxy groups -OCH3 is 3. The molecule has 0 aliphatic rings. The van der Waals surface area contributed by atoms with Crippen molar-refractivity contribution in [2.75, 3.05) is 21.3 Å². The molecule has 0 N–H and O–H groups in total. The van der Waals surface area contributed by atoms with Gasteiger partial charge in [-0.1, -0.05) is 12.1 Å². The molecule has 196 valence electrons. The van der Waals surface area contributed by atoms with E-state index >= 15 is 0 Å². The third-order valence-corrected chi connectivity index (χ3v) is 4.48. The lowest BCUT2D eigenvalue weighted by atomic mass is 10.0. The van der Waals surface area contributed by atoms with Gasteiger partial charge in [0.05, 0.1) is 26.9 Å². The number of rotatable bonds is 7. The lowest BCUT2D eigenvalue weighted by Crippen LogP contribution is -2.18. The number of ether oxygens (including phenoxy) is 4. The van der Waals surface area contributed by atoms with Crippen LogP contribution in [0.5, 0.6) is 28.7 Å². The molecule has 0 atom stereocenters. The van der Waals surface area contributed by atoms with Crippen molar-refractivity contribution in [1.82, 2.24) is 0 Å². The highest BCUT2D eigenvalue weighted by atomic mass is 19.4. The highest BCUT2D eigenvalue weighted by Crippen LogP contribution is 2.42. The predicted molar refractivity (Wildman–Crippen MR) is 111 cm³/mol. The number of hydrogen-bond acceptors (Lipinski definition) is 5. The zero-order valence-electron chi connectivity index (χ0n) is 18.8. The molecule has 3 aromatic rings. The molecule has 0 unspecified atom stereocenters. The lowest BCUT2D eigenvalue weighted by molar-refractivity contribution is -0.276. The molecular formula is C23H18F8O5. The van der Waals surface area contributed by atoms with Gasteiger partial charge in [0.2, 0.25) is 5.75 Å². The second kappa shape index (κ2) is 12.2. The third kappa shape index (κ3) is 7.06. The van der Waals surface area contributed by atoms with Crippen molar-refractivity contribution < 1.29 is 59.1 Å². The fraction of sp³-hybridized carbons (Fsp3) is 0.217. The van der Waals surface area contributed by atoms with Crippen LogP contribution >= 0.6 is 0 Å². The molecule has 5 nitrogen and oxygen atoms in total. The average molecular weight is 526 g/mol. The van der Waals surface area contributed by atoms with Crippen molar-refractivity contribution in [2.24, 2.45) is 0 Å². The number of alkyl halides is 4. The Labute approximate surface area is 199 Å². The Kier molecular flexibility index (Phi) is 9.59. The summed E-state index contributed by atoms with van der Waals surface area (Å²) in [6.07, 6.45) is -5.24. The van der Waals surface area contributed by atoms with E-state index in [1.807, 2.05) is 0 Å². The Morgan fingerprint density at radius 3 is 1.67 bits per heavy atom. The Bertz CT molecular complexity index is 1140. The van der Waals surface area contributed by atoms with Gasteiger partial charge < -0.3 is 18.9 Å². The highest BCUT2D eigenvalue weighted by molar-refractivity contribution is 5.78. The Morgan fingerprint density at radius 2 is 1.28 bits per heavy atom. The van der Waals surface area contributed by atoms with E-state index in [0.29, 0.717) is 28.4 Å². The van der Waals surface area contributed by atoms with Gasteiger partial charge in [0.25, 0.3) is 0 Å². The van der Waals surface area contributed by atoms with Crippen LogP contribution in [0.4, 0.5) is 35.3 Å². The first-order valence-corrected chi connectivity index (χ1v) is 9.66. The number of benzene rings is 3. The van der Waals surface area contributed by atoms with Gasteiger partial charge in [0, 0.05) is 34.4 Å². The van der Waals surface area contributed by atoms with E-state index in [-0.39, 0.29) is 17.7 Å². The van der Waals surface area contributed by atoms with E-state index in [9.17, 15) is 35.3 Å². The topological polar surface area (TPSA) is 46.2 Å². The van der Waals surface area contributed by atoms with E-state index in [1.165, 1.54) is 33.5 Å². The monoisotopic (exact) mass is 526 g/mol. The summed E-state index contributed by atoms with van der Waals surface area (Å²) in [5.74, 6) is -5.08. The van der Waals surface area contributed by atoms with Crippen LogP contribution in [0, 0.1) is 17.5 Å². The highest BCUT2D eigenvalue weighted by Gasteiger charge is 2.34. The van der Waals surface area contributed by atoms with Crippen LogP contribution in [0.15, 0.2) is 42.5 Å². The van der Waals surface area contributed by atoms with Crippen molar-refractivity contribution in [3.63, 3.8) is 0 Å². The van der Waals surface area contributed by atoms with Crippen LogP contribution in [0.1, 0.15) is 5.56 Å². The van der Waals surface area contributed by atoms with E-state index < -0.39 is 42.0 Å². The molecule has 13 heteroatoms. The molecule has 0 bridgehead atoms. The first-order chi connectivity index (χ1) is 17.0. The van der Waals surface area contributed by atoms with Crippen LogP contribution < -0.4 is 23.9 Å². The summed E-state index contributed by atoms with van der Waals surface area (Å²) in [5, 5.41) is 0. The normalized spacial score (nSPS) is 10.8. The summed E-state index contributed by atoms with van der Waals surface area (Å²) in [7, 11) is 4.54. The molecular weight excluding hydrogens is 508 g/mol. The number of hydrogen-bond donors (Lipinski definition) is 0. The standard InChI is InChI=1S/C16H16F2O3.C7H2F6O2/c1-19-12-7-14(20-2)16(15(8-12)21-3)10-4-5-11(9-17)13(18)6-10;8-4-1-3(15-13)2-5(9)6(4)14-7(10,11)12/h4-8H,9H2,1-3H3;1-2H. The van der Waals surface area contributed by atoms with Gasteiger partial charge in [0.15, 0.2) is 17.4 Å². The second-order valence-corrected chi connectivity index (χ2v) is 6.69. The summed E-state index contributed by atoms with van der Waals surface area (Å²) in [6.45, 7) is -0.844. The fourth-order valence-electron chi connectivity index (χ4n) is 2.90. The van der Waals surface area contributed by atoms with Crippen LogP contribution in [0.3, 0.4) is 0 Å². The molecule has 0 saturated carbocycles. The minimum Gasteiger partial charge on any atom is -0.496 e. The van der Waals surface area contributed by atoms with Crippen molar-refractivity contribution in [1.29, 1.82) is 0 Å². The maximum Gasteiger partial charge on any atom is 0.573 e. The SMILES string of the molecule is COc1cc(OC)c(-c2ccc(CF)c(F)c2)c(OC)c1.FOc1cc(F)c(OC(F)(F)F)c(F)c1. The summed E-state index contributed by atoms with van der Waals surface area (Å²) < 4.78 is 117. The van der Waals surface area contributed by atoms with Crippen LogP contribution in [-0.2, 0) is 6.67 Å². The zero-order chi connectivity index (χ0) is 27.0. The maximum atomic E-state index is 13.8. The molecule has 36 heavy (non-hydrogen) atoms. The molecule has 0 radical (unpaired) electrons. The van der Waals surface area contributed by atoms with Gasteiger partial charge in [-0.2, -0.15) is 0 Å². The van der Waals surface area contributed by atoms with Crippen molar-refractivity contribution >= 4 is 0 Å². The molecule has 3 aromatic carbocycles. The van der Waals surface area contributed by atoms with Crippen molar-refractivity contribution in [2.45, 2.75) is 13.0 Å². The molecule has 0 fully saturated rings. The summed E-state index contributed by atoms with van der Waals surface area (Å²) in [4.78, 5) is 2.94. The van der Waals surface area contributed by atoms with E-state index in [0.717, 1.165) is 0 Å². The van der Waals surface area contributed by atoms with Gasteiger partial charge in [0.1, 0.15) is 29.7 Å². The minimum absolute atomic E-state index is 0.0187. The van der Waals surface area contributed by atoms with Crippen molar-refractivity contribution in [3.8, 4) is 39.9 Å². The molecule has 0 aliphatic heterocycles. The van der Waals surface area contributed by atoms with E-state index in [2.05, 4.69) is 9.68 Å². The van der Waals surface area contributed by atoms with E-state index in [4.69, 9.17) is 14.2 Å². The molecule has 0 saturated heterocycles. The van der Waals surface area contributed by atoms with Gasteiger partial charge in [-0.3, -0.25) is 4.94 Å². The molecule has 0 heterocycles. The second-order valence-electron chi connectivity index (χ2n) is 6.69. The average Bonchev–Trinajstić information content (AvgIpc) is 2.84. The first-order valence-electron chi connectivity index (χ1n) is 9.66. The van der Waals surface area contributed by atoms with Crippen molar-refractivity contribution in [3.05, 3.63) is 65.5 Å². The van der Waals surface area contributed by atoms with Crippen LogP contribution in [0.2, 0.25) is 0 Å². The van der Waals surface area contributed by atoms with Gasteiger partial charge in [-0.15, -0.1) is 13.2 Å². The summed E-state index contributed by atoms with van der Waals surface area (Å²) in [5.41, 5.74) is 1.15. The Hall–Kier alpha value is -3.90. The smallest absolute Gasteiger partial charge is 0.496 e. The molecule has 3 rings (SSSR count). The summed E-state index contributed by atoms with van der Waals surface area (Å²) >= 11 is 0. The minimum atomic E-state index is -5.24. The summed E-state index contributed by atoms with van der Waals surface area (Å²) in [6, 6.07) is 8.09. The Balaban J connectivity index is 0.000000269. The van der Waals surface area contributed by atoms with E-state index in [1.54, 1.807) is 18.2 Å².